The molecule has 3 rings (SSSR count). The Morgan fingerprint density at radius 2 is 2.13 bits per heavy atom. The molecule has 2 N–H and O–H groups in total. The van der Waals surface area contributed by atoms with Crippen LogP contribution in [0.25, 0.3) is 11.2 Å². The number of nitrogens with zero attached hydrogens (tertiary/aromatic N) is 3. The molecule has 0 fully saturated rings. The van der Waals surface area contributed by atoms with Crippen LogP contribution in [0, 0.1) is 0 Å². The number of imidazole rings is 1. The van der Waals surface area contributed by atoms with Gasteiger partial charge in [-0.1, -0.05) is 41.0 Å². The van der Waals surface area contributed by atoms with Crippen molar-refractivity contribution in [3.8, 4) is 0 Å². The summed E-state index contributed by atoms with van der Waals surface area (Å²) in [5.41, 5.74) is 1.75. The highest BCUT2D eigenvalue weighted by Gasteiger charge is 2.19. The summed E-state index contributed by atoms with van der Waals surface area (Å²) in [5.74, 6) is -0.203. The largest absolute Gasteiger partial charge is 0.341 e. The van der Waals surface area contributed by atoms with Crippen LogP contribution in [0.4, 0.5) is 5.69 Å². The maximum atomic E-state index is 12.4. The Hall–Kier alpha value is -1.83. The molecule has 1 aromatic carbocycles. The number of carbonyl (C=O) groups is 1. The topological polar surface area (TPSA) is 83.6 Å². The molecular weight excluding hydrogens is 357 g/mol. The highest BCUT2D eigenvalue weighted by Crippen LogP contribution is 2.31. The lowest BCUT2D eigenvalue weighted by atomic mass is 10.3. The van der Waals surface area contributed by atoms with Crippen LogP contribution in [0.3, 0.4) is 0 Å². The van der Waals surface area contributed by atoms with E-state index in [-0.39, 0.29) is 5.91 Å². The normalized spacial score (nSPS) is 12.3. The number of benzene rings is 1. The molecule has 0 radical (unpaired) electrons. The fourth-order valence-corrected chi connectivity index (χ4v) is 3.11. The maximum Gasteiger partial charge on any atom is 0.237 e. The number of anilines is 1. The summed E-state index contributed by atoms with van der Waals surface area (Å²) in [6.07, 6.45) is 2.96. The van der Waals surface area contributed by atoms with Crippen LogP contribution < -0.4 is 5.32 Å². The molecule has 1 amide bonds. The number of amides is 1. The summed E-state index contributed by atoms with van der Waals surface area (Å²) < 4.78 is 0. The van der Waals surface area contributed by atoms with Gasteiger partial charge in [0, 0.05) is 0 Å². The summed E-state index contributed by atoms with van der Waals surface area (Å²) >= 11 is 13.3. The monoisotopic (exact) mass is 367 g/mol. The molecular formula is C14H11Cl2N5OS. The van der Waals surface area contributed by atoms with Crippen LogP contribution in [-0.2, 0) is 4.79 Å². The molecule has 3 aromatic rings. The Kier molecular flexibility index (Phi) is 4.70. The molecule has 0 spiro atoms. The van der Waals surface area contributed by atoms with Gasteiger partial charge in [-0.15, -0.1) is 0 Å². The minimum absolute atomic E-state index is 0.203. The number of aromatic nitrogens is 4. The number of hydrogen-bond donors (Lipinski definition) is 2. The van der Waals surface area contributed by atoms with Gasteiger partial charge in [-0.3, -0.25) is 4.79 Å². The Morgan fingerprint density at radius 1 is 1.30 bits per heavy atom. The quantitative estimate of drug-likeness (QED) is 0.541. The number of hydrogen-bond acceptors (Lipinski definition) is 5. The molecule has 0 unspecified atom stereocenters. The fourth-order valence-electron chi connectivity index (χ4n) is 1.89. The van der Waals surface area contributed by atoms with Gasteiger partial charge in [0.1, 0.15) is 16.9 Å². The molecule has 0 saturated heterocycles. The zero-order chi connectivity index (χ0) is 16.4. The van der Waals surface area contributed by atoms with Crippen molar-refractivity contribution >= 4 is 57.7 Å². The van der Waals surface area contributed by atoms with Crippen molar-refractivity contribution in [3.63, 3.8) is 0 Å². The molecule has 2 aromatic heterocycles. The number of halogens is 2. The predicted octanol–water partition coefficient (Wildman–Crippen LogP) is 3.78. The van der Waals surface area contributed by atoms with Crippen LogP contribution >= 0.6 is 35.0 Å². The Labute approximate surface area is 146 Å². The first-order valence-electron chi connectivity index (χ1n) is 6.62. The van der Waals surface area contributed by atoms with E-state index in [0.717, 1.165) is 0 Å². The summed E-state index contributed by atoms with van der Waals surface area (Å²) in [7, 11) is 0. The second-order valence-corrected chi connectivity index (χ2v) is 6.75. The number of rotatable bonds is 4. The molecule has 0 bridgehead atoms. The van der Waals surface area contributed by atoms with Gasteiger partial charge in [-0.05, 0) is 19.1 Å². The van der Waals surface area contributed by atoms with E-state index in [9.17, 15) is 4.79 Å². The van der Waals surface area contributed by atoms with Crippen LogP contribution in [-0.4, -0.2) is 31.1 Å². The van der Waals surface area contributed by atoms with Crippen molar-refractivity contribution in [2.45, 2.75) is 17.2 Å². The molecule has 0 aliphatic rings. The zero-order valence-electron chi connectivity index (χ0n) is 11.9. The van der Waals surface area contributed by atoms with E-state index in [1.54, 1.807) is 31.5 Å². The molecule has 1 atom stereocenters. The van der Waals surface area contributed by atoms with Crippen LogP contribution in [0.15, 0.2) is 35.9 Å². The van der Waals surface area contributed by atoms with Gasteiger partial charge in [-0.2, -0.15) is 0 Å². The van der Waals surface area contributed by atoms with Crippen LogP contribution in [0.1, 0.15) is 6.92 Å². The number of fused-ring (bicyclic) bond motifs is 1. The first kappa shape index (κ1) is 16.0. The van der Waals surface area contributed by atoms with Crippen molar-refractivity contribution in [2.24, 2.45) is 0 Å². The minimum Gasteiger partial charge on any atom is -0.341 e. The van der Waals surface area contributed by atoms with E-state index < -0.39 is 5.25 Å². The fraction of sp³-hybridized carbons (Fsp3) is 0.143. The van der Waals surface area contributed by atoms with Crippen molar-refractivity contribution < 1.29 is 4.79 Å². The number of aromatic amines is 1. The summed E-state index contributed by atoms with van der Waals surface area (Å²) in [6.45, 7) is 1.78. The summed E-state index contributed by atoms with van der Waals surface area (Å²) in [4.78, 5) is 27.6. The van der Waals surface area contributed by atoms with Crippen LogP contribution in [0.5, 0.6) is 0 Å². The molecule has 23 heavy (non-hydrogen) atoms. The molecule has 0 aliphatic heterocycles. The smallest absolute Gasteiger partial charge is 0.237 e. The second kappa shape index (κ2) is 6.74. The summed E-state index contributed by atoms with van der Waals surface area (Å²) in [5, 5.41) is 3.74. The van der Waals surface area contributed by atoms with Crippen molar-refractivity contribution in [1.29, 1.82) is 0 Å². The molecule has 118 valence electrons. The minimum atomic E-state index is -0.397. The van der Waals surface area contributed by atoms with Gasteiger partial charge >= 0.3 is 0 Å². The van der Waals surface area contributed by atoms with E-state index in [0.29, 0.717) is 31.9 Å². The molecule has 6 nitrogen and oxygen atoms in total. The van der Waals surface area contributed by atoms with Crippen molar-refractivity contribution in [1.82, 2.24) is 19.9 Å². The van der Waals surface area contributed by atoms with E-state index in [1.807, 2.05) is 0 Å². The third-order valence-corrected chi connectivity index (χ3v) is 4.97. The molecule has 0 saturated carbocycles. The summed E-state index contributed by atoms with van der Waals surface area (Å²) in [6, 6.07) is 5.08. The Balaban J connectivity index is 1.75. The first-order valence-corrected chi connectivity index (χ1v) is 8.25. The third kappa shape index (κ3) is 3.41. The number of thioether (sulfide) groups is 1. The maximum absolute atomic E-state index is 12.4. The predicted molar refractivity (Wildman–Crippen MR) is 92.1 cm³/mol. The third-order valence-electron chi connectivity index (χ3n) is 3.06. The lowest BCUT2D eigenvalue weighted by molar-refractivity contribution is -0.115. The molecule has 2 heterocycles. The van der Waals surface area contributed by atoms with E-state index >= 15 is 0 Å². The van der Waals surface area contributed by atoms with Crippen molar-refractivity contribution in [2.75, 3.05) is 5.32 Å². The number of H-pyrrole nitrogens is 1. The highest BCUT2D eigenvalue weighted by molar-refractivity contribution is 8.00. The second-order valence-electron chi connectivity index (χ2n) is 4.63. The number of carbonyl (C=O) groups excluding carboxylic acids is 1. The Morgan fingerprint density at radius 3 is 2.96 bits per heavy atom. The van der Waals surface area contributed by atoms with Crippen LogP contribution in [0.2, 0.25) is 10.0 Å². The average molecular weight is 368 g/mol. The van der Waals surface area contributed by atoms with Gasteiger partial charge in [0.05, 0.1) is 27.3 Å². The van der Waals surface area contributed by atoms with Gasteiger partial charge in [0.25, 0.3) is 0 Å². The van der Waals surface area contributed by atoms with E-state index in [4.69, 9.17) is 23.2 Å². The van der Waals surface area contributed by atoms with E-state index in [1.165, 1.54) is 18.1 Å². The molecule has 9 heteroatoms. The van der Waals surface area contributed by atoms with Gasteiger partial charge in [-0.25, -0.2) is 15.0 Å². The van der Waals surface area contributed by atoms with Gasteiger partial charge in [0.2, 0.25) is 5.91 Å². The standard InChI is InChI=1S/C14H11Cl2N5OS/c1-7(13(22)21-9-4-2-3-8(15)10(9)16)23-14-11-12(18-5-17-11)19-6-20-14/h2-7H,1H3,(H,21,22)(H,17,18,19,20)/t7-/m0/s1. The van der Waals surface area contributed by atoms with E-state index in [2.05, 4.69) is 25.3 Å². The lowest BCUT2D eigenvalue weighted by Gasteiger charge is -2.13. The van der Waals surface area contributed by atoms with Gasteiger partial charge < -0.3 is 10.3 Å². The molecule has 0 aliphatic carbocycles. The van der Waals surface area contributed by atoms with Gasteiger partial charge in [0.15, 0.2) is 5.65 Å². The lowest BCUT2D eigenvalue weighted by Crippen LogP contribution is -2.22. The number of nitrogens with one attached hydrogen (secondary N) is 2. The van der Waals surface area contributed by atoms with Crippen molar-refractivity contribution in [3.05, 3.63) is 40.9 Å². The SMILES string of the molecule is C[C@H](Sc1ncnc2nc[nH]c12)C(=O)Nc1cccc(Cl)c1Cl. The zero-order valence-corrected chi connectivity index (χ0v) is 14.2. The highest BCUT2D eigenvalue weighted by atomic mass is 35.5. The average Bonchev–Trinajstić information content (AvgIpc) is 3.01. The first-order chi connectivity index (χ1) is 11.1. The Bertz CT molecular complexity index is 869.